The van der Waals surface area contributed by atoms with E-state index in [0.29, 0.717) is 11.1 Å². The Morgan fingerprint density at radius 3 is 2.35 bits per heavy atom. The molecule has 0 aromatic heterocycles. The molecule has 0 aliphatic carbocycles. The second-order valence-electron chi connectivity index (χ2n) is 5.10. The van der Waals surface area contributed by atoms with E-state index in [1.54, 1.807) is 0 Å². The average Bonchev–Trinajstić information content (AvgIpc) is 2.45. The zero-order valence-corrected chi connectivity index (χ0v) is 13.9. The van der Waals surface area contributed by atoms with E-state index in [1.807, 2.05) is 18.9 Å². The second-order valence-corrected chi connectivity index (χ2v) is 5.51. The summed E-state index contributed by atoms with van der Waals surface area (Å²) in [7, 11) is 1.95. The minimum absolute atomic E-state index is 0.0147. The Labute approximate surface area is 127 Å². The molecule has 1 aromatic carbocycles. The van der Waals surface area contributed by atoms with Crippen LogP contribution in [0.2, 0.25) is 0 Å². The summed E-state index contributed by atoms with van der Waals surface area (Å²) in [5, 5.41) is 0. The summed E-state index contributed by atoms with van der Waals surface area (Å²) in [4.78, 5) is 15.8. The van der Waals surface area contributed by atoms with Crippen LogP contribution in [0.25, 0.3) is 0 Å². The lowest BCUT2D eigenvalue weighted by atomic mass is 10.1. The SMILES string of the molecule is CCCN(CC)CCOCCN(C)c1c(C)c(=O)c1=S. The van der Waals surface area contributed by atoms with Gasteiger partial charge in [-0.2, -0.15) is 0 Å². The van der Waals surface area contributed by atoms with Crippen molar-refractivity contribution in [3.8, 4) is 0 Å². The van der Waals surface area contributed by atoms with Gasteiger partial charge in [0.05, 0.1) is 18.9 Å². The Balaban J connectivity index is 2.22. The first-order valence-corrected chi connectivity index (χ1v) is 7.74. The highest BCUT2D eigenvalue weighted by molar-refractivity contribution is 7.71. The lowest BCUT2D eigenvalue weighted by molar-refractivity contribution is 0.110. The van der Waals surface area contributed by atoms with Crippen molar-refractivity contribution >= 4 is 17.9 Å². The first kappa shape index (κ1) is 17.3. The van der Waals surface area contributed by atoms with Gasteiger partial charge in [0, 0.05) is 25.7 Å². The molecule has 1 rings (SSSR count). The molecule has 1 aromatic rings. The first-order valence-electron chi connectivity index (χ1n) is 7.34. The van der Waals surface area contributed by atoms with Gasteiger partial charge in [0.15, 0.2) is 0 Å². The Bertz CT molecular complexity index is 480. The molecule has 0 aliphatic rings. The van der Waals surface area contributed by atoms with E-state index >= 15 is 0 Å². The van der Waals surface area contributed by atoms with Crippen molar-refractivity contribution in [2.75, 3.05) is 51.3 Å². The zero-order valence-electron chi connectivity index (χ0n) is 13.1. The van der Waals surface area contributed by atoms with Crippen molar-refractivity contribution in [2.45, 2.75) is 27.2 Å². The molecule has 114 valence electrons. The Morgan fingerprint density at radius 1 is 1.15 bits per heavy atom. The van der Waals surface area contributed by atoms with Gasteiger partial charge in [0.2, 0.25) is 5.43 Å². The molecule has 0 heterocycles. The van der Waals surface area contributed by atoms with E-state index in [-0.39, 0.29) is 5.43 Å². The van der Waals surface area contributed by atoms with Gasteiger partial charge in [-0.15, -0.1) is 0 Å². The van der Waals surface area contributed by atoms with E-state index in [1.165, 1.54) is 6.42 Å². The van der Waals surface area contributed by atoms with Crippen LogP contribution in [0.5, 0.6) is 0 Å². The summed E-state index contributed by atoms with van der Waals surface area (Å²) in [6.07, 6.45) is 1.18. The number of likely N-dealkylation sites (N-methyl/N-ethyl adjacent to an activating group) is 2. The topological polar surface area (TPSA) is 32.8 Å². The van der Waals surface area contributed by atoms with Crippen LogP contribution in [-0.2, 0) is 4.74 Å². The van der Waals surface area contributed by atoms with Crippen LogP contribution < -0.4 is 10.3 Å². The second kappa shape index (κ2) is 8.49. The largest absolute Gasteiger partial charge is 0.378 e. The molecular weight excluding hydrogens is 272 g/mol. The van der Waals surface area contributed by atoms with Crippen LogP contribution in [0, 0.1) is 11.4 Å². The van der Waals surface area contributed by atoms with Gasteiger partial charge in [-0.25, -0.2) is 0 Å². The molecule has 0 radical (unpaired) electrons. The van der Waals surface area contributed by atoms with Gasteiger partial charge in [-0.3, -0.25) is 4.79 Å². The van der Waals surface area contributed by atoms with Crippen molar-refractivity contribution in [2.24, 2.45) is 0 Å². The van der Waals surface area contributed by atoms with Crippen molar-refractivity contribution < 1.29 is 4.74 Å². The summed E-state index contributed by atoms with van der Waals surface area (Å²) >= 11 is 5.07. The molecule has 5 heteroatoms. The van der Waals surface area contributed by atoms with Crippen molar-refractivity contribution in [3.05, 3.63) is 20.3 Å². The highest BCUT2D eigenvalue weighted by atomic mass is 32.1. The lowest BCUT2D eigenvalue weighted by Gasteiger charge is -2.23. The van der Waals surface area contributed by atoms with Crippen molar-refractivity contribution in [1.29, 1.82) is 0 Å². The molecule has 0 aliphatic heterocycles. The van der Waals surface area contributed by atoms with Crippen molar-refractivity contribution in [1.82, 2.24) is 4.90 Å². The fourth-order valence-corrected chi connectivity index (χ4v) is 2.77. The van der Waals surface area contributed by atoms with Gasteiger partial charge in [-0.05, 0) is 26.4 Å². The van der Waals surface area contributed by atoms with Crippen LogP contribution in [0.15, 0.2) is 4.79 Å². The van der Waals surface area contributed by atoms with E-state index < -0.39 is 0 Å². The van der Waals surface area contributed by atoms with Gasteiger partial charge >= 0.3 is 0 Å². The highest BCUT2D eigenvalue weighted by Crippen LogP contribution is 2.19. The summed E-state index contributed by atoms with van der Waals surface area (Å²) in [6, 6.07) is 0. The number of rotatable bonds is 10. The molecule has 0 saturated heterocycles. The first-order chi connectivity index (χ1) is 9.52. The molecule has 0 atom stereocenters. The van der Waals surface area contributed by atoms with Crippen LogP contribution in [0.3, 0.4) is 0 Å². The summed E-state index contributed by atoms with van der Waals surface area (Å²) in [6.45, 7) is 11.5. The van der Waals surface area contributed by atoms with Crippen LogP contribution in [-0.4, -0.2) is 51.3 Å². The fraction of sp³-hybridized carbons (Fsp3) is 0.733. The van der Waals surface area contributed by atoms with E-state index in [9.17, 15) is 4.79 Å². The number of nitrogens with zero attached hydrogens (tertiary/aromatic N) is 2. The molecule has 20 heavy (non-hydrogen) atoms. The van der Waals surface area contributed by atoms with Gasteiger partial charge in [0.25, 0.3) is 0 Å². The average molecular weight is 298 g/mol. The molecule has 0 spiro atoms. The molecule has 0 amide bonds. The summed E-state index contributed by atoms with van der Waals surface area (Å²) < 4.78 is 6.13. The number of hydrogen-bond donors (Lipinski definition) is 0. The van der Waals surface area contributed by atoms with Crippen LogP contribution in [0.1, 0.15) is 25.8 Å². The third-order valence-electron chi connectivity index (χ3n) is 3.61. The molecular formula is C15H26N2O2S. The fourth-order valence-electron chi connectivity index (χ4n) is 2.31. The van der Waals surface area contributed by atoms with E-state index in [0.717, 1.165) is 44.0 Å². The summed E-state index contributed by atoms with van der Waals surface area (Å²) in [5.74, 6) is 0. The third kappa shape index (κ3) is 4.36. The standard InChI is InChI=1S/C15H26N2O2S/c1-5-7-17(6-2)9-11-19-10-8-16(4)13-12(3)14(18)15(13)20/h5-11H2,1-4H3. The maximum Gasteiger partial charge on any atom is 0.203 e. The van der Waals surface area contributed by atoms with Crippen molar-refractivity contribution in [3.63, 3.8) is 0 Å². The minimum Gasteiger partial charge on any atom is -0.378 e. The molecule has 4 nitrogen and oxygen atoms in total. The number of ether oxygens (including phenoxy) is 1. The van der Waals surface area contributed by atoms with E-state index in [4.69, 9.17) is 17.0 Å². The lowest BCUT2D eigenvalue weighted by Crippen LogP contribution is -2.31. The summed E-state index contributed by atoms with van der Waals surface area (Å²) in [5.41, 5.74) is 1.70. The van der Waals surface area contributed by atoms with Gasteiger partial charge in [0.1, 0.15) is 4.51 Å². The predicted octanol–water partition coefficient (Wildman–Crippen LogP) is 2.15. The smallest absolute Gasteiger partial charge is 0.203 e. The molecule has 0 N–H and O–H groups in total. The normalized spacial score (nSPS) is 11.4. The Hall–Kier alpha value is -0.780. The minimum atomic E-state index is 0.0147. The monoisotopic (exact) mass is 298 g/mol. The quantitative estimate of drug-likeness (QED) is 0.488. The maximum absolute atomic E-state index is 11.4. The van der Waals surface area contributed by atoms with Gasteiger partial charge < -0.3 is 14.5 Å². The predicted molar refractivity (Wildman–Crippen MR) is 87.1 cm³/mol. The third-order valence-corrected chi connectivity index (χ3v) is 3.99. The van der Waals surface area contributed by atoms with Gasteiger partial charge in [-0.1, -0.05) is 26.1 Å². The highest BCUT2D eigenvalue weighted by Gasteiger charge is 2.16. The number of anilines is 1. The van der Waals surface area contributed by atoms with Crippen LogP contribution >= 0.6 is 12.2 Å². The molecule has 0 unspecified atom stereocenters. The molecule has 0 bridgehead atoms. The Kier molecular flexibility index (Phi) is 7.34. The maximum atomic E-state index is 11.4. The molecule has 0 saturated carbocycles. The van der Waals surface area contributed by atoms with Crippen LogP contribution in [0.4, 0.5) is 5.69 Å². The Morgan fingerprint density at radius 2 is 1.80 bits per heavy atom. The molecule has 0 fully saturated rings. The number of hydrogen-bond acceptors (Lipinski definition) is 5. The zero-order chi connectivity index (χ0) is 15.1. The van der Waals surface area contributed by atoms with E-state index in [2.05, 4.69) is 18.7 Å².